The first-order valence-corrected chi connectivity index (χ1v) is 5.16. The number of fused-ring (bicyclic) bond motifs is 1. The number of alkyl halides is 3. The van der Waals surface area contributed by atoms with E-state index in [1.165, 1.54) is 23.8 Å². The van der Waals surface area contributed by atoms with Crippen LogP contribution in [0.25, 0.3) is 11.0 Å². The van der Waals surface area contributed by atoms with Crippen molar-refractivity contribution in [2.75, 3.05) is 5.32 Å². The lowest BCUT2D eigenvalue weighted by Crippen LogP contribution is -2.30. The number of benzene rings is 1. The summed E-state index contributed by atoms with van der Waals surface area (Å²) in [6.07, 6.45) is -2.61. The lowest BCUT2D eigenvalue weighted by atomic mass is 10.1. The number of nitrogens with one attached hydrogen (secondary N) is 1. The Bertz CT molecular complexity index is 700. The highest BCUT2D eigenvalue weighted by atomic mass is 19.4. The quantitative estimate of drug-likeness (QED) is 0.878. The first-order valence-electron chi connectivity index (χ1n) is 5.16. The van der Waals surface area contributed by atoms with Crippen LogP contribution in [0.3, 0.4) is 0 Å². The average molecular weight is 285 g/mol. The minimum absolute atomic E-state index is 0.111. The normalized spacial score (nSPS) is 11.3. The molecule has 0 bridgehead atoms. The summed E-state index contributed by atoms with van der Waals surface area (Å²) in [6.45, 7) is 0. The molecule has 2 aromatic rings. The number of carbonyl (C=O) groups is 2. The molecule has 1 aromatic carbocycles. The number of amides is 1. The Labute approximate surface area is 109 Å². The Morgan fingerprint density at radius 3 is 2.40 bits per heavy atom. The Hall–Kier alpha value is -2.71. The molecular weight excluding hydrogens is 279 g/mol. The third kappa shape index (κ3) is 2.51. The minimum atomic E-state index is -5.12. The molecule has 9 heteroatoms. The highest BCUT2D eigenvalue weighted by molar-refractivity contribution is 6.09. The fourth-order valence-corrected chi connectivity index (χ4v) is 1.55. The zero-order valence-corrected chi connectivity index (χ0v) is 9.60. The van der Waals surface area contributed by atoms with E-state index in [1.54, 1.807) is 0 Å². The van der Waals surface area contributed by atoms with E-state index in [0.29, 0.717) is 0 Å². The van der Waals surface area contributed by atoms with E-state index in [9.17, 15) is 22.8 Å². The van der Waals surface area contributed by atoms with E-state index in [-0.39, 0.29) is 11.0 Å². The van der Waals surface area contributed by atoms with Gasteiger partial charge in [-0.15, -0.1) is 0 Å². The summed E-state index contributed by atoms with van der Waals surface area (Å²) in [5.41, 5.74) is -0.962. The van der Waals surface area contributed by atoms with Crippen LogP contribution in [0.4, 0.5) is 18.9 Å². The molecule has 2 N–H and O–H groups in total. The summed E-state index contributed by atoms with van der Waals surface area (Å²) in [6, 6.07) is 2.30. The standard InChI is InChI=1S/C11H6F3N3O3/c12-11(13,14)10(20)17-5-1-2-6-8(7(5)9(18)19)16-4-3-15-6/h1-4H,(H,17,20)(H,18,19). The van der Waals surface area contributed by atoms with E-state index in [2.05, 4.69) is 9.97 Å². The fourth-order valence-electron chi connectivity index (χ4n) is 1.55. The van der Waals surface area contributed by atoms with Crippen LogP contribution >= 0.6 is 0 Å². The summed E-state index contributed by atoms with van der Waals surface area (Å²) in [4.78, 5) is 29.6. The molecule has 0 aliphatic rings. The molecule has 2 rings (SSSR count). The van der Waals surface area contributed by atoms with Gasteiger partial charge in [0.25, 0.3) is 0 Å². The van der Waals surface area contributed by atoms with Crippen LogP contribution in [0.1, 0.15) is 10.4 Å². The van der Waals surface area contributed by atoms with Gasteiger partial charge in [-0.3, -0.25) is 14.8 Å². The van der Waals surface area contributed by atoms with Gasteiger partial charge in [0.05, 0.1) is 11.2 Å². The van der Waals surface area contributed by atoms with Crippen molar-refractivity contribution < 1.29 is 27.9 Å². The van der Waals surface area contributed by atoms with Crippen molar-refractivity contribution in [2.45, 2.75) is 6.18 Å². The molecular formula is C11H6F3N3O3. The van der Waals surface area contributed by atoms with Gasteiger partial charge in [-0.05, 0) is 12.1 Å². The third-order valence-electron chi connectivity index (χ3n) is 2.36. The van der Waals surface area contributed by atoms with Crippen LogP contribution < -0.4 is 5.32 Å². The number of nitrogens with zero attached hydrogens (tertiary/aromatic N) is 2. The Kier molecular flexibility index (Phi) is 3.26. The largest absolute Gasteiger partial charge is 0.478 e. The lowest BCUT2D eigenvalue weighted by Gasteiger charge is -2.11. The highest BCUT2D eigenvalue weighted by Gasteiger charge is 2.39. The summed E-state index contributed by atoms with van der Waals surface area (Å²) in [7, 11) is 0. The first-order chi connectivity index (χ1) is 9.30. The van der Waals surface area contributed by atoms with E-state index in [1.807, 2.05) is 0 Å². The van der Waals surface area contributed by atoms with E-state index >= 15 is 0 Å². The second kappa shape index (κ2) is 4.76. The highest BCUT2D eigenvalue weighted by Crippen LogP contribution is 2.25. The summed E-state index contributed by atoms with van der Waals surface area (Å²) >= 11 is 0. The first kappa shape index (κ1) is 13.7. The number of hydrogen-bond acceptors (Lipinski definition) is 4. The van der Waals surface area contributed by atoms with E-state index in [4.69, 9.17) is 5.11 Å². The van der Waals surface area contributed by atoms with Crippen molar-refractivity contribution in [2.24, 2.45) is 0 Å². The predicted molar refractivity (Wildman–Crippen MR) is 61.2 cm³/mol. The molecule has 0 spiro atoms. The monoisotopic (exact) mass is 285 g/mol. The van der Waals surface area contributed by atoms with Crippen molar-refractivity contribution in [3.63, 3.8) is 0 Å². The summed E-state index contributed by atoms with van der Waals surface area (Å²) in [5.74, 6) is -3.78. The van der Waals surface area contributed by atoms with Crippen LogP contribution in [0.5, 0.6) is 0 Å². The van der Waals surface area contributed by atoms with Gasteiger partial charge < -0.3 is 10.4 Å². The minimum Gasteiger partial charge on any atom is -0.478 e. The second-order valence-corrected chi connectivity index (χ2v) is 3.67. The molecule has 0 atom stereocenters. The van der Waals surface area contributed by atoms with E-state index < -0.39 is 29.3 Å². The van der Waals surface area contributed by atoms with Gasteiger partial charge in [0.1, 0.15) is 11.1 Å². The summed E-state index contributed by atoms with van der Waals surface area (Å²) in [5, 5.41) is 10.6. The van der Waals surface area contributed by atoms with Crippen molar-refractivity contribution in [1.29, 1.82) is 0 Å². The maximum absolute atomic E-state index is 12.2. The van der Waals surface area contributed by atoms with Crippen LogP contribution in [-0.4, -0.2) is 33.1 Å². The van der Waals surface area contributed by atoms with E-state index in [0.717, 1.165) is 6.07 Å². The predicted octanol–water partition coefficient (Wildman–Crippen LogP) is 1.83. The van der Waals surface area contributed by atoms with Crippen molar-refractivity contribution in [1.82, 2.24) is 9.97 Å². The smallest absolute Gasteiger partial charge is 0.471 e. The number of carboxylic acid groups (broad SMARTS) is 1. The number of halogens is 3. The molecule has 0 aliphatic carbocycles. The third-order valence-corrected chi connectivity index (χ3v) is 2.36. The van der Waals surface area contributed by atoms with Crippen LogP contribution in [-0.2, 0) is 4.79 Å². The zero-order chi connectivity index (χ0) is 14.9. The maximum Gasteiger partial charge on any atom is 0.471 e. The van der Waals surface area contributed by atoms with Crippen LogP contribution in [0.2, 0.25) is 0 Å². The van der Waals surface area contributed by atoms with Crippen molar-refractivity contribution >= 4 is 28.6 Å². The van der Waals surface area contributed by atoms with Gasteiger partial charge in [-0.1, -0.05) is 0 Å². The summed E-state index contributed by atoms with van der Waals surface area (Å²) < 4.78 is 36.6. The molecule has 0 radical (unpaired) electrons. The topological polar surface area (TPSA) is 92.2 Å². The lowest BCUT2D eigenvalue weighted by molar-refractivity contribution is -0.167. The number of aromatic carboxylic acids is 1. The molecule has 0 aliphatic heterocycles. The molecule has 0 fully saturated rings. The van der Waals surface area contributed by atoms with Crippen molar-refractivity contribution in [3.8, 4) is 0 Å². The molecule has 1 amide bonds. The molecule has 0 saturated heterocycles. The molecule has 1 heterocycles. The Morgan fingerprint density at radius 1 is 1.15 bits per heavy atom. The number of anilines is 1. The van der Waals surface area contributed by atoms with Gasteiger partial charge in [-0.2, -0.15) is 13.2 Å². The Balaban J connectivity index is 2.57. The van der Waals surface area contributed by atoms with Gasteiger partial charge in [0.15, 0.2) is 0 Å². The second-order valence-electron chi connectivity index (χ2n) is 3.67. The zero-order valence-electron chi connectivity index (χ0n) is 9.60. The van der Waals surface area contributed by atoms with Crippen molar-refractivity contribution in [3.05, 3.63) is 30.1 Å². The number of hydrogen-bond donors (Lipinski definition) is 2. The number of carbonyl (C=O) groups excluding carboxylic acids is 1. The van der Waals surface area contributed by atoms with Gasteiger partial charge in [0, 0.05) is 12.4 Å². The number of aromatic nitrogens is 2. The van der Waals surface area contributed by atoms with Crippen LogP contribution in [0.15, 0.2) is 24.5 Å². The van der Waals surface area contributed by atoms with Gasteiger partial charge >= 0.3 is 18.1 Å². The SMILES string of the molecule is O=C(O)c1c(NC(=O)C(F)(F)F)ccc2nccnc12. The van der Waals surface area contributed by atoms with Gasteiger partial charge in [0.2, 0.25) is 0 Å². The Morgan fingerprint density at radius 2 is 1.80 bits per heavy atom. The molecule has 1 aromatic heterocycles. The maximum atomic E-state index is 12.2. The molecule has 0 unspecified atom stereocenters. The van der Waals surface area contributed by atoms with Gasteiger partial charge in [-0.25, -0.2) is 4.79 Å². The average Bonchev–Trinajstić information content (AvgIpc) is 2.36. The number of carboxylic acids is 1. The molecule has 20 heavy (non-hydrogen) atoms. The molecule has 0 saturated carbocycles. The fraction of sp³-hybridized carbons (Fsp3) is 0.0909. The number of rotatable bonds is 2. The molecule has 6 nitrogen and oxygen atoms in total. The van der Waals surface area contributed by atoms with Crippen LogP contribution in [0, 0.1) is 0 Å². The molecule has 104 valence electrons.